The van der Waals surface area contributed by atoms with Crippen molar-refractivity contribution in [2.75, 3.05) is 0 Å². The van der Waals surface area contributed by atoms with E-state index in [0.29, 0.717) is 12.4 Å². The van der Waals surface area contributed by atoms with Crippen LogP contribution in [0.3, 0.4) is 0 Å². The van der Waals surface area contributed by atoms with Crippen molar-refractivity contribution < 1.29 is 4.74 Å². The minimum atomic E-state index is 0.410. The van der Waals surface area contributed by atoms with Crippen molar-refractivity contribution in [1.29, 1.82) is 0 Å². The van der Waals surface area contributed by atoms with Crippen LogP contribution in [-0.2, 0) is 6.61 Å². The molecule has 0 atom stereocenters. The van der Waals surface area contributed by atoms with Crippen LogP contribution in [0.1, 0.15) is 10.6 Å². The topological polar surface area (TPSA) is 65.2 Å². The summed E-state index contributed by atoms with van der Waals surface area (Å²) in [6, 6.07) is 11.7. The molecule has 0 aliphatic carbocycles. The summed E-state index contributed by atoms with van der Waals surface area (Å²) in [7, 11) is 0. The second-order valence-electron chi connectivity index (χ2n) is 5.05. The maximum Gasteiger partial charge on any atom is 0.235 e. The standard InChI is InChI=1S/C16H13N5OS/c1-11-3-2-4-13(9-11)22-10-14-20-21-15(18-19-16(21)23-14)12-5-7-17-8-6-12/h2-9H,10H2,1H3. The highest BCUT2D eigenvalue weighted by atomic mass is 32.1. The molecule has 0 fully saturated rings. The number of pyridine rings is 1. The van der Waals surface area contributed by atoms with Crippen LogP contribution in [0.2, 0.25) is 0 Å². The van der Waals surface area contributed by atoms with E-state index in [1.807, 2.05) is 43.3 Å². The van der Waals surface area contributed by atoms with Gasteiger partial charge in [-0.2, -0.15) is 9.61 Å². The summed E-state index contributed by atoms with van der Waals surface area (Å²) in [6.07, 6.45) is 3.45. The number of hydrogen-bond acceptors (Lipinski definition) is 6. The van der Waals surface area contributed by atoms with E-state index < -0.39 is 0 Å². The highest BCUT2D eigenvalue weighted by Crippen LogP contribution is 2.22. The van der Waals surface area contributed by atoms with Gasteiger partial charge < -0.3 is 4.74 Å². The Balaban J connectivity index is 1.59. The van der Waals surface area contributed by atoms with E-state index in [9.17, 15) is 0 Å². The first-order chi connectivity index (χ1) is 11.3. The number of benzene rings is 1. The highest BCUT2D eigenvalue weighted by molar-refractivity contribution is 7.16. The zero-order valence-electron chi connectivity index (χ0n) is 12.4. The second-order valence-corrected chi connectivity index (χ2v) is 6.10. The lowest BCUT2D eigenvalue weighted by Crippen LogP contribution is -1.97. The summed E-state index contributed by atoms with van der Waals surface area (Å²) in [5.74, 6) is 1.55. The molecule has 0 bridgehead atoms. The van der Waals surface area contributed by atoms with Gasteiger partial charge in [-0.3, -0.25) is 4.98 Å². The van der Waals surface area contributed by atoms with E-state index in [4.69, 9.17) is 4.74 Å². The predicted octanol–water partition coefficient (Wildman–Crippen LogP) is 3.14. The van der Waals surface area contributed by atoms with Crippen LogP contribution in [0.15, 0.2) is 48.8 Å². The summed E-state index contributed by atoms with van der Waals surface area (Å²) in [4.78, 5) is 4.77. The first kappa shape index (κ1) is 13.8. The summed E-state index contributed by atoms with van der Waals surface area (Å²) < 4.78 is 7.54. The zero-order valence-corrected chi connectivity index (χ0v) is 13.2. The van der Waals surface area contributed by atoms with Crippen LogP contribution < -0.4 is 4.74 Å². The molecule has 6 nitrogen and oxygen atoms in total. The van der Waals surface area contributed by atoms with Gasteiger partial charge in [0.2, 0.25) is 4.96 Å². The van der Waals surface area contributed by atoms with Gasteiger partial charge in [0.1, 0.15) is 12.4 Å². The third-order valence-corrected chi connectivity index (χ3v) is 4.20. The fraction of sp³-hybridized carbons (Fsp3) is 0.125. The molecule has 0 saturated carbocycles. The van der Waals surface area contributed by atoms with E-state index in [1.165, 1.54) is 16.9 Å². The zero-order chi connectivity index (χ0) is 15.6. The summed E-state index contributed by atoms with van der Waals surface area (Å²) >= 11 is 1.47. The SMILES string of the molecule is Cc1cccc(OCc2nn3c(-c4ccncc4)nnc3s2)c1. The predicted molar refractivity (Wildman–Crippen MR) is 87.4 cm³/mol. The van der Waals surface area contributed by atoms with Crippen LogP contribution in [0.5, 0.6) is 5.75 Å². The third-order valence-electron chi connectivity index (χ3n) is 3.32. The van der Waals surface area contributed by atoms with Crippen LogP contribution >= 0.6 is 11.3 Å². The Morgan fingerprint density at radius 1 is 1.13 bits per heavy atom. The Labute approximate surface area is 136 Å². The quantitative estimate of drug-likeness (QED) is 0.577. The van der Waals surface area contributed by atoms with Gasteiger partial charge in [0.15, 0.2) is 10.8 Å². The summed E-state index contributed by atoms with van der Waals surface area (Å²) in [6.45, 7) is 2.45. The maximum atomic E-state index is 5.79. The number of hydrogen-bond donors (Lipinski definition) is 0. The minimum Gasteiger partial charge on any atom is -0.486 e. The minimum absolute atomic E-state index is 0.410. The molecule has 4 rings (SSSR count). The Hall–Kier alpha value is -2.80. The average molecular weight is 323 g/mol. The smallest absolute Gasteiger partial charge is 0.235 e. The van der Waals surface area contributed by atoms with Crippen LogP contribution in [0.4, 0.5) is 0 Å². The molecule has 4 aromatic rings. The summed E-state index contributed by atoms with van der Waals surface area (Å²) in [5, 5.41) is 13.8. The van der Waals surface area contributed by atoms with E-state index >= 15 is 0 Å². The maximum absolute atomic E-state index is 5.79. The molecule has 1 aromatic carbocycles. The van der Waals surface area contributed by atoms with E-state index in [-0.39, 0.29) is 0 Å². The number of aryl methyl sites for hydroxylation is 1. The number of nitrogens with zero attached hydrogens (tertiary/aromatic N) is 5. The second kappa shape index (κ2) is 5.77. The molecule has 0 saturated heterocycles. The number of aromatic nitrogens is 5. The van der Waals surface area contributed by atoms with Gasteiger partial charge in [-0.05, 0) is 36.8 Å². The van der Waals surface area contributed by atoms with E-state index in [1.54, 1.807) is 16.9 Å². The fourth-order valence-corrected chi connectivity index (χ4v) is 2.99. The molecule has 0 N–H and O–H groups in total. The van der Waals surface area contributed by atoms with Crippen LogP contribution in [0, 0.1) is 6.92 Å². The average Bonchev–Trinajstić information content (AvgIpc) is 3.14. The number of fused-ring (bicyclic) bond motifs is 1. The van der Waals surface area contributed by atoms with Crippen molar-refractivity contribution in [2.24, 2.45) is 0 Å². The summed E-state index contributed by atoms with van der Waals surface area (Å²) in [5.41, 5.74) is 2.10. The molecule has 0 spiro atoms. The lowest BCUT2D eigenvalue weighted by Gasteiger charge is -2.03. The van der Waals surface area contributed by atoms with Gasteiger partial charge in [-0.1, -0.05) is 23.5 Å². The molecule has 0 unspecified atom stereocenters. The molecular formula is C16H13N5OS. The van der Waals surface area contributed by atoms with Crippen molar-refractivity contribution in [2.45, 2.75) is 13.5 Å². The molecule has 23 heavy (non-hydrogen) atoms. The van der Waals surface area contributed by atoms with E-state index in [2.05, 4.69) is 20.3 Å². The van der Waals surface area contributed by atoms with Crippen LogP contribution in [-0.4, -0.2) is 24.8 Å². The molecule has 7 heteroatoms. The van der Waals surface area contributed by atoms with Gasteiger partial charge in [0, 0.05) is 18.0 Å². The van der Waals surface area contributed by atoms with Crippen molar-refractivity contribution >= 4 is 16.3 Å². The molecule has 0 aliphatic heterocycles. The Morgan fingerprint density at radius 3 is 2.83 bits per heavy atom. The highest BCUT2D eigenvalue weighted by Gasteiger charge is 2.13. The van der Waals surface area contributed by atoms with Crippen molar-refractivity contribution in [3.8, 4) is 17.1 Å². The first-order valence-corrected chi connectivity index (χ1v) is 7.92. The van der Waals surface area contributed by atoms with Gasteiger partial charge >= 0.3 is 0 Å². The molecule has 0 aliphatic rings. The van der Waals surface area contributed by atoms with Crippen molar-refractivity contribution in [3.05, 3.63) is 59.4 Å². The van der Waals surface area contributed by atoms with Crippen LogP contribution in [0.25, 0.3) is 16.3 Å². The normalized spacial score (nSPS) is 11.0. The lowest BCUT2D eigenvalue weighted by molar-refractivity contribution is 0.304. The Bertz CT molecular complexity index is 947. The lowest BCUT2D eigenvalue weighted by atomic mass is 10.2. The molecule has 3 heterocycles. The molecule has 3 aromatic heterocycles. The molecule has 114 valence electrons. The molecule has 0 radical (unpaired) electrons. The van der Waals surface area contributed by atoms with Gasteiger partial charge in [-0.25, -0.2) is 0 Å². The molecular weight excluding hydrogens is 310 g/mol. The van der Waals surface area contributed by atoms with Gasteiger partial charge in [0.25, 0.3) is 0 Å². The van der Waals surface area contributed by atoms with Crippen molar-refractivity contribution in [3.63, 3.8) is 0 Å². The third kappa shape index (κ3) is 2.78. The largest absolute Gasteiger partial charge is 0.486 e. The Kier molecular flexibility index (Phi) is 3.47. The molecule has 0 amide bonds. The fourth-order valence-electron chi connectivity index (χ4n) is 2.25. The Morgan fingerprint density at radius 2 is 2.00 bits per heavy atom. The number of ether oxygens (including phenoxy) is 1. The van der Waals surface area contributed by atoms with Crippen molar-refractivity contribution in [1.82, 2.24) is 24.8 Å². The van der Waals surface area contributed by atoms with Gasteiger partial charge in [0.05, 0.1) is 0 Å². The van der Waals surface area contributed by atoms with Gasteiger partial charge in [-0.15, -0.1) is 10.2 Å². The van der Waals surface area contributed by atoms with E-state index in [0.717, 1.165) is 21.3 Å². The number of rotatable bonds is 4. The monoisotopic (exact) mass is 323 g/mol. The first-order valence-electron chi connectivity index (χ1n) is 7.10.